The zero-order valence-corrected chi connectivity index (χ0v) is 11.9. The van der Waals surface area contributed by atoms with Gasteiger partial charge in [0.1, 0.15) is 24.4 Å². The van der Waals surface area contributed by atoms with Crippen molar-refractivity contribution in [3.8, 4) is 6.07 Å². The molecule has 6 N–H and O–H groups in total. The molecule has 0 spiro atoms. The third-order valence-electron chi connectivity index (χ3n) is 3.60. The molecule has 4 unspecified atom stereocenters. The van der Waals surface area contributed by atoms with Crippen LogP contribution < -0.4 is 11.3 Å². The summed E-state index contributed by atoms with van der Waals surface area (Å²) in [6.07, 6.45) is -5.50. The van der Waals surface area contributed by atoms with Gasteiger partial charge in [0.25, 0.3) is 5.56 Å². The van der Waals surface area contributed by atoms with E-state index in [4.69, 9.17) is 26.2 Å². The number of aliphatic hydroxyl groups excluding tert-OH is 3. The maximum absolute atomic E-state index is 12.6. The average molecular weight is 336 g/mol. The van der Waals surface area contributed by atoms with Gasteiger partial charge >= 0.3 is 0 Å². The highest BCUT2D eigenvalue weighted by Crippen LogP contribution is 2.27. The molecule has 0 radical (unpaired) electrons. The Kier molecular flexibility index (Phi) is 3.73. The Hall–Kier alpha value is -2.92. The Bertz CT molecular complexity index is 914. The number of aliphatic hydroxyl groups is 3. The molecular formula is C11H12N8O5. The molecule has 2 aromatic heterocycles. The molecule has 3 rings (SSSR count). The Morgan fingerprint density at radius 2 is 2.17 bits per heavy atom. The summed E-state index contributed by atoms with van der Waals surface area (Å²) < 4.78 is 6.56. The van der Waals surface area contributed by atoms with Crippen molar-refractivity contribution in [3.05, 3.63) is 16.0 Å². The normalized spacial score (nSPS) is 26.6. The largest absolute Gasteiger partial charge is 0.394 e. The summed E-state index contributed by atoms with van der Waals surface area (Å²) in [5.41, 5.74) is 3.73. The molecule has 1 fully saturated rings. The monoisotopic (exact) mass is 336 g/mol. The van der Waals surface area contributed by atoms with Crippen molar-refractivity contribution in [3.63, 3.8) is 0 Å². The molecule has 3 heterocycles. The molecule has 13 nitrogen and oxygen atoms in total. The van der Waals surface area contributed by atoms with Crippen LogP contribution in [0, 0.1) is 16.7 Å². The van der Waals surface area contributed by atoms with E-state index in [-0.39, 0.29) is 16.7 Å². The Morgan fingerprint density at radius 3 is 2.71 bits per heavy atom. The number of nitrogens with two attached hydrogens (primary N) is 1. The summed E-state index contributed by atoms with van der Waals surface area (Å²) >= 11 is 0. The van der Waals surface area contributed by atoms with E-state index in [2.05, 4.69) is 15.4 Å². The van der Waals surface area contributed by atoms with Crippen molar-refractivity contribution >= 4 is 17.0 Å². The second-order valence-corrected chi connectivity index (χ2v) is 5.02. The lowest BCUT2D eigenvalue weighted by Crippen LogP contribution is -2.38. The molecule has 4 atom stereocenters. The van der Waals surface area contributed by atoms with Gasteiger partial charge in [0.05, 0.1) is 6.61 Å². The topological polar surface area (TPSA) is 209 Å². The fourth-order valence-electron chi connectivity index (χ4n) is 2.44. The molecule has 0 aromatic carbocycles. The number of aromatic nitrogens is 5. The average Bonchev–Trinajstić information content (AvgIpc) is 3.08. The summed E-state index contributed by atoms with van der Waals surface area (Å²) in [6, 6.07) is 1.70. The van der Waals surface area contributed by atoms with Gasteiger partial charge in [0.15, 0.2) is 23.0 Å². The van der Waals surface area contributed by atoms with Crippen LogP contribution in [0.25, 0.3) is 11.0 Å². The van der Waals surface area contributed by atoms with Crippen LogP contribution in [0.4, 0.5) is 0 Å². The smallest absolute Gasteiger partial charge is 0.299 e. The second-order valence-electron chi connectivity index (χ2n) is 5.02. The standard InChI is InChI=1S/C11H12N8O5/c12-1-3-5-6(18(16-3)11(13)14)9(23)19(17-15-5)10-8(22)7(21)4(2-20)24-10/h4,7-8,10,20-22H,2H2,(H3,13,14). The number of nitriles is 1. The highest BCUT2D eigenvalue weighted by molar-refractivity contribution is 5.90. The van der Waals surface area contributed by atoms with Crippen LogP contribution in [-0.2, 0) is 4.74 Å². The van der Waals surface area contributed by atoms with Crippen LogP contribution in [0.5, 0.6) is 0 Å². The molecule has 1 saturated heterocycles. The van der Waals surface area contributed by atoms with E-state index in [9.17, 15) is 15.0 Å². The van der Waals surface area contributed by atoms with Crippen molar-refractivity contribution in [1.82, 2.24) is 24.8 Å². The highest BCUT2D eigenvalue weighted by atomic mass is 16.6. The predicted octanol–water partition coefficient (Wildman–Crippen LogP) is -3.79. The molecule has 13 heteroatoms. The van der Waals surface area contributed by atoms with E-state index in [1.165, 1.54) is 0 Å². The van der Waals surface area contributed by atoms with Crippen molar-refractivity contribution in [2.75, 3.05) is 6.61 Å². The number of nitrogens with one attached hydrogen (secondary N) is 1. The summed E-state index contributed by atoms with van der Waals surface area (Å²) in [4.78, 5) is 12.6. The van der Waals surface area contributed by atoms with Gasteiger partial charge in [-0.15, -0.1) is 5.10 Å². The van der Waals surface area contributed by atoms with Crippen molar-refractivity contribution < 1.29 is 20.1 Å². The molecule has 2 aromatic rings. The number of hydrogen-bond acceptors (Lipinski definition) is 10. The minimum Gasteiger partial charge on any atom is -0.394 e. The van der Waals surface area contributed by atoms with Crippen molar-refractivity contribution in [1.29, 1.82) is 10.7 Å². The maximum Gasteiger partial charge on any atom is 0.299 e. The molecule has 1 aliphatic rings. The number of ether oxygens (including phenoxy) is 1. The van der Waals surface area contributed by atoms with Crippen LogP contribution in [0.2, 0.25) is 0 Å². The predicted molar refractivity (Wildman–Crippen MR) is 74.6 cm³/mol. The van der Waals surface area contributed by atoms with Gasteiger partial charge in [-0.2, -0.15) is 19.7 Å². The van der Waals surface area contributed by atoms with Gasteiger partial charge in [-0.3, -0.25) is 10.2 Å². The quantitative estimate of drug-likeness (QED) is 0.267. The van der Waals surface area contributed by atoms with Gasteiger partial charge in [0.2, 0.25) is 5.96 Å². The number of rotatable bonds is 2. The first-order chi connectivity index (χ1) is 11.4. The number of hydrogen-bond donors (Lipinski definition) is 5. The van der Waals surface area contributed by atoms with E-state index < -0.39 is 42.7 Å². The number of nitrogen functional groups attached to an aromatic ring is 1. The second kappa shape index (κ2) is 5.62. The minimum atomic E-state index is -1.55. The molecule has 0 amide bonds. The lowest BCUT2D eigenvalue weighted by molar-refractivity contribution is -0.0619. The first kappa shape index (κ1) is 16.0. The fraction of sp³-hybridized carbons (Fsp3) is 0.455. The molecule has 0 aliphatic carbocycles. The lowest BCUT2D eigenvalue weighted by atomic mass is 10.1. The third kappa shape index (κ3) is 2.13. The van der Waals surface area contributed by atoms with Crippen molar-refractivity contribution in [2.24, 2.45) is 5.73 Å². The zero-order valence-electron chi connectivity index (χ0n) is 11.9. The van der Waals surface area contributed by atoms with E-state index in [0.717, 1.165) is 0 Å². The highest BCUT2D eigenvalue weighted by Gasteiger charge is 2.44. The Morgan fingerprint density at radius 1 is 1.46 bits per heavy atom. The lowest BCUT2D eigenvalue weighted by Gasteiger charge is -2.15. The van der Waals surface area contributed by atoms with Crippen LogP contribution in [-0.4, -0.2) is 71.0 Å². The third-order valence-corrected chi connectivity index (χ3v) is 3.60. The molecular weight excluding hydrogens is 324 g/mol. The minimum absolute atomic E-state index is 0.166. The van der Waals surface area contributed by atoms with Crippen molar-refractivity contribution in [2.45, 2.75) is 24.5 Å². The Labute approximate surface area is 132 Å². The molecule has 0 bridgehead atoms. The first-order valence-corrected chi connectivity index (χ1v) is 6.65. The maximum atomic E-state index is 12.6. The molecule has 1 aliphatic heterocycles. The van der Waals surface area contributed by atoms with Crippen LogP contribution in [0.3, 0.4) is 0 Å². The van der Waals surface area contributed by atoms with E-state index >= 15 is 0 Å². The van der Waals surface area contributed by atoms with Crippen LogP contribution in [0.15, 0.2) is 4.79 Å². The van der Waals surface area contributed by atoms with Gasteiger partial charge < -0.3 is 25.8 Å². The number of nitrogens with zero attached hydrogens (tertiary/aromatic N) is 6. The van der Waals surface area contributed by atoms with Gasteiger partial charge in [-0.25, -0.2) is 0 Å². The molecule has 126 valence electrons. The zero-order chi connectivity index (χ0) is 17.6. The summed E-state index contributed by atoms with van der Waals surface area (Å²) in [7, 11) is 0. The Balaban J connectivity index is 2.20. The number of fused-ring (bicyclic) bond motifs is 1. The molecule has 0 saturated carbocycles. The van der Waals surface area contributed by atoms with E-state index in [1.807, 2.05) is 0 Å². The van der Waals surface area contributed by atoms with Gasteiger partial charge in [-0.05, 0) is 0 Å². The molecule has 24 heavy (non-hydrogen) atoms. The fourth-order valence-corrected chi connectivity index (χ4v) is 2.44. The summed E-state index contributed by atoms with van der Waals surface area (Å²) in [5.74, 6) is -0.626. The van der Waals surface area contributed by atoms with E-state index in [0.29, 0.717) is 9.36 Å². The SMILES string of the molecule is N#Cc1nn(C(=N)N)c2c(=O)n(C3OC(CO)C(O)C3O)nnc12. The summed E-state index contributed by atoms with van der Waals surface area (Å²) in [6.45, 7) is -0.580. The van der Waals surface area contributed by atoms with E-state index in [1.54, 1.807) is 6.07 Å². The van der Waals surface area contributed by atoms with Gasteiger partial charge in [0, 0.05) is 0 Å². The van der Waals surface area contributed by atoms with Crippen LogP contribution in [0.1, 0.15) is 11.9 Å². The first-order valence-electron chi connectivity index (χ1n) is 6.65. The summed E-state index contributed by atoms with van der Waals surface area (Å²) in [5, 5.41) is 56.3. The van der Waals surface area contributed by atoms with Crippen LogP contribution >= 0.6 is 0 Å². The van der Waals surface area contributed by atoms with Gasteiger partial charge in [-0.1, -0.05) is 5.21 Å².